The lowest BCUT2D eigenvalue weighted by Crippen LogP contribution is -2.45. The largest absolute Gasteiger partial charge is 0.465 e. The lowest BCUT2D eigenvalue weighted by molar-refractivity contribution is -0.155. The second-order valence-corrected chi connectivity index (χ2v) is 7.34. The predicted molar refractivity (Wildman–Crippen MR) is 112 cm³/mol. The summed E-state index contributed by atoms with van der Waals surface area (Å²) in [5.74, 6) is -0.832. The number of ketones is 1. The Balaban J connectivity index is 2.31. The molecule has 2 aromatic carbocycles. The van der Waals surface area contributed by atoms with Gasteiger partial charge in [0.15, 0.2) is 5.78 Å². The number of hydrogen-bond acceptors (Lipinski definition) is 3. The molecule has 144 valence electrons. The van der Waals surface area contributed by atoms with Crippen molar-refractivity contribution in [3.8, 4) is 0 Å². The van der Waals surface area contributed by atoms with Gasteiger partial charge in [0.1, 0.15) is 5.41 Å². The van der Waals surface area contributed by atoms with Crippen LogP contribution in [-0.2, 0) is 14.3 Å². The summed E-state index contributed by atoms with van der Waals surface area (Å²) in [4.78, 5) is 26.4. The topological polar surface area (TPSA) is 43.4 Å². The molecule has 0 N–H and O–H groups in total. The van der Waals surface area contributed by atoms with E-state index in [0.29, 0.717) is 5.57 Å². The summed E-state index contributed by atoms with van der Waals surface area (Å²) in [6, 6.07) is 19.8. The molecule has 0 saturated heterocycles. The zero-order valence-electron chi connectivity index (χ0n) is 16.9. The molecule has 3 heteroatoms. The Morgan fingerprint density at radius 2 is 1.61 bits per heavy atom. The lowest BCUT2D eigenvalue weighted by Gasteiger charge is -2.39. The van der Waals surface area contributed by atoms with Gasteiger partial charge in [-0.1, -0.05) is 72.3 Å². The maximum absolute atomic E-state index is 13.4. The smallest absolute Gasteiger partial charge is 0.323 e. The van der Waals surface area contributed by atoms with Gasteiger partial charge in [-0.15, -0.1) is 0 Å². The number of carbonyl (C=O) groups is 2. The molecule has 1 aliphatic rings. The number of allylic oxidation sites excluding steroid dienone is 2. The zero-order valence-corrected chi connectivity index (χ0v) is 16.9. The van der Waals surface area contributed by atoms with Gasteiger partial charge in [-0.3, -0.25) is 9.59 Å². The summed E-state index contributed by atoms with van der Waals surface area (Å²) >= 11 is 0. The summed E-state index contributed by atoms with van der Waals surface area (Å²) < 4.78 is 5.37. The summed E-state index contributed by atoms with van der Waals surface area (Å²) in [5, 5.41) is 0. The van der Waals surface area contributed by atoms with Crippen molar-refractivity contribution in [2.75, 3.05) is 6.61 Å². The third-order valence-electron chi connectivity index (χ3n) is 5.65. The van der Waals surface area contributed by atoms with Gasteiger partial charge < -0.3 is 4.74 Å². The normalized spacial score (nSPS) is 23.8. The van der Waals surface area contributed by atoms with E-state index in [1.807, 2.05) is 80.6 Å². The van der Waals surface area contributed by atoms with Crippen LogP contribution in [0.5, 0.6) is 0 Å². The van der Waals surface area contributed by atoms with Gasteiger partial charge in [-0.2, -0.15) is 0 Å². The minimum atomic E-state index is -1.35. The SMILES string of the molecule is CCOC(=O)[C@]1(C)C(=O)C(C)=C(C)[C@@H](c2ccccc2)/C1=C/c1ccccc1. The molecule has 0 bridgehead atoms. The van der Waals surface area contributed by atoms with Crippen molar-refractivity contribution >= 4 is 17.8 Å². The van der Waals surface area contributed by atoms with Crippen molar-refractivity contribution in [1.29, 1.82) is 0 Å². The van der Waals surface area contributed by atoms with Crippen LogP contribution in [0.25, 0.3) is 6.08 Å². The molecular formula is C25H26O3. The average molecular weight is 374 g/mol. The Hall–Kier alpha value is -2.94. The zero-order chi connectivity index (χ0) is 20.3. The minimum Gasteiger partial charge on any atom is -0.465 e. The molecule has 28 heavy (non-hydrogen) atoms. The first-order chi connectivity index (χ1) is 13.4. The number of ether oxygens (including phenoxy) is 1. The standard InChI is InChI=1S/C25H26O3/c1-5-28-24(27)25(4)21(16-19-12-8-6-9-13-19)22(17(2)18(3)23(25)26)20-14-10-7-11-15-20/h6-16,22H,5H2,1-4H3/b21-16-/t22-,25-/m0/s1. The Labute approximate surface area is 166 Å². The second kappa shape index (κ2) is 7.97. The van der Waals surface area contributed by atoms with Crippen molar-refractivity contribution in [2.45, 2.75) is 33.6 Å². The van der Waals surface area contributed by atoms with Gasteiger partial charge in [-0.05, 0) is 50.0 Å². The van der Waals surface area contributed by atoms with E-state index >= 15 is 0 Å². The molecule has 0 radical (unpaired) electrons. The van der Waals surface area contributed by atoms with Crippen LogP contribution in [0, 0.1) is 5.41 Å². The Bertz CT molecular complexity index is 938. The maximum Gasteiger partial charge on any atom is 0.323 e. The Morgan fingerprint density at radius 3 is 2.18 bits per heavy atom. The highest BCUT2D eigenvalue weighted by atomic mass is 16.5. The number of esters is 1. The highest BCUT2D eigenvalue weighted by Crippen LogP contribution is 2.50. The molecular weight excluding hydrogens is 348 g/mol. The Kier molecular flexibility index (Phi) is 5.64. The van der Waals surface area contributed by atoms with Crippen LogP contribution < -0.4 is 0 Å². The van der Waals surface area contributed by atoms with Crippen molar-refractivity contribution in [3.63, 3.8) is 0 Å². The number of carbonyl (C=O) groups excluding carboxylic acids is 2. The monoisotopic (exact) mass is 374 g/mol. The molecule has 0 heterocycles. The molecule has 0 unspecified atom stereocenters. The van der Waals surface area contributed by atoms with Crippen molar-refractivity contribution < 1.29 is 14.3 Å². The molecule has 0 spiro atoms. The average Bonchev–Trinajstić information content (AvgIpc) is 2.72. The van der Waals surface area contributed by atoms with Gasteiger partial charge in [0, 0.05) is 5.92 Å². The van der Waals surface area contributed by atoms with E-state index in [-0.39, 0.29) is 18.3 Å². The van der Waals surface area contributed by atoms with E-state index in [0.717, 1.165) is 22.3 Å². The van der Waals surface area contributed by atoms with Gasteiger partial charge in [0.2, 0.25) is 0 Å². The highest BCUT2D eigenvalue weighted by molar-refractivity contribution is 6.16. The van der Waals surface area contributed by atoms with Gasteiger partial charge in [0.25, 0.3) is 0 Å². The highest BCUT2D eigenvalue weighted by Gasteiger charge is 2.52. The molecule has 1 aliphatic carbocycles. The van der Waals surface area contributed by atoms with Gasteiger partial charge in [-0.25, -0.2) is 0 Å². The van der Waals surface area contributed by atoms with Crippen LogP contribution in [0.1, 0.15) is 44.7 Å². The third-order valence-corrected chi connectivity index (χ3v) is 5.65. The first-order valence-corrected chi connectivity index (χ1v) is 9.62. The minimum absolute atomic E-state index is 0.159. The summed E-state index contributed by atoms with van der Waals surface area (Å²) in [6.07, 6.45) is 1.97. The van der Waals surface area contributed by atoms with Crippen LogP contribution in [0.15, 0.2) is 77.4 Å². The van der Waals surface area contributed by atoms with E-state index in [4.69, 9.17) is 4.74 Å². The third kappa shape index (κ3) is 3.33. The molecule has 0 amide bonds. The fourth-order valence-corrected chi connectivity index (χ4v) is 3.94. The molecule has 2 atom stereocenters. The van der Waals surface area contributed by atoms with E-state index in [1.165, 1.54) is 0 Å². The molecule has 2 aromatic rings. The van der Waals surface area contributed by atoms with Crippen LogP contribution in [0.2, 0.25) is 0 Å². The van der Waals surface area contributed by atoms with E-state index in [2.05, 4.69) is 0 Å². The van der Waals surface area contributed by atoms with Gasteiger partial charge in [0.05, 0.1) is 6.61 Å². The van der Waals surface area contributed by atoms with Crippen molar-refractivity contribution in [1.82, 2.24) is 0 Å². The molecule has 0 aromatic heterocycles. The number of Topliss-reactive ketones (excluding diaryl/α,β-unsaturated/α-hetero) is 1. The van der Waals surface area contributed by atoms with Crippen LogP contribution in [0.4, 0.5) is 0 Å². The first kappa shape index (κ1) is 19.8. The lowest BCUT2D eigenvalue weighted by atomic mass is 9.62. The second-order valence-electron chi connectivity index (χ2n) is 7.34. The molecule has 3 nitrogen and oxygen atoms in total. The maximum atomic E-state index is 13.4. The first-order valence-electron chi connectivity index (χ1n) is 9.62. The summed E-state index contributed by atoms with van der Waals surface area (Å²) in [5.41, 5.74) is 3.03. The number of benzene rings is 2. The van der Waals surface area contributed by atoms with Crippen molar-refractivity contribution in [2.24, 2.45) is 5.41 Å². The van der Waals surface area contributed by atoms with Crippen LogP contribution in [-0.4, -0.2) is 18.4 Å². The van der Waals surface area contributed by atoms with E-state index < -0.39 is 11.4 Å². The fourth-order valence-electron chi connectivity index (χ4n) is 3.94. The van der Waals surface area contributed by atoms with E-state index in [9.17, 15) is 9.59 Å². The van der Waals surface area contributed by atoms with Crippen molar-refractivity contribution in [3.05, 3.63) is 88.5 Å². The predicted octanol–water partition coefficient (Wildman–Crippen LogP) is 5.34. The van der Waals surface area contributed by atoms with Gasteiger partial charge >= 0.3 is 5.97 Å². The summed E-state index contributed by atoms with van der Waals surface area (Å²) in [6.45, 7) is 7.49. The van der Waals surface area contributed by atoms with Crippen LogP contribution in [0.3, 0.4) is 0 Å². The van der Waals surface area contributed by atoms with E-state index in [1.54, 1.807) is 13.8 Å². The molecule has 0 aliphatic heterocycles. The molecule has 3 rings (SSSR count). The molecule has 0 saturated carbocycles. The fraction of sp³-hybridized carbons (Fsp3) is 0.280. The quantitative estimate of drug-likeness (QED) is 0.536. The van der Waals surface area contributed by atoms with Crippen LogP contribution >= 0.6 is 0 Å². The Morgan fingerprint density at radius 1 is 1.04 bits per heavy atom. The number of hydrogen-bond donors (Lipinski definition) is 0. The number of rotatable bonds is 4. The molecule has 0 fully saturated rings. The summed E-state index contributed by atoms with van der Waals surface area (Å²) in [7, 11) is 0.